The molecule has 0 saturated carbocycles. The molecule has 7 heteroatoms. The van der Waals surface area contributed by atoms with Crippen LogP contribution in [0.1, 0.15) is 5.56 Å². The van der Waals surface area contributed by atoms with E-state index in [9.17, 15) is 4.91 Å². The lowest BCUT2D eigenvalue weighted by Crippen LogP contribution is -2.11. The predicted octanol–water partition coefficient (Wildman–Crippen LogP) is 1.74. The van der Waals surface area contributed by atoms with Crippen LogP contribution in [0.25, 0.3) is 0 Å². The monoisotopic (exact) mass is 229 g/mol. The van der Waals surface area contributed by atoms with Gasteiger partial charge in [0, 0.05) is 11.6 Å². The van der Waals surface area contributed by atoms with E-state index in [0.717, 1.165) is 0 Å². The van der Waals surface area contributed by atoms with Gasteiger partial charge in [-0.3, -0.25) is 5.21 Å². The minimum atomic E-state index is -0.0311. The highest BCUT2D eigenvalue weighted by molar-refractivity contribution is 5.40. The van der Waals surface area contributed by atoms with Crippen molar-refractivity contribution in [1.82, 2.24) is 11.3 Å². The van der Waals surface area contributed by atoms with Crippen molar-refractivity contribution in [3.63, 3.8) is 0 Å². The summed E-state index contributed by atoms with van der Waals surface area (Å²) < 4.78 is 10.1. The summed E-state index contributed by atoms with van der Waals surface area (Å²) in [5, 5.41) is 11.6. The van der Waals surface area contributed by atoms with Crippen LogP contribution in [0.4, 0.5) is 0 Å². The lowest BCUT2D eigenvalue weighted by Gasteiger charge is -2.11. The van der Waals surface area contributed by atoms with Crippen LogP contribution in [0.3, 0.4) is 0 Å². The maximum atomic E-state index is 9.99. The molecule has 0 radical (unpaired) electrons. The van der Waals surface area contributed by atoms with Gasteiger partial charge in [-0.25, -0.2) is 0 Å². The summed E-state index contributed by atoms with van der Waals surface area (Å²) in [5.74, 6) is 1.16. The number of nitroso groups, excluding NO2 is 1. The molecule has 0 bridgehead atoms. The third-order valence-corrected chi connectivity index (χ3v) is 1.90. The maximum Gasteiger partial charge on any atom is 0.127 e. The molecule has 0 aromatic heterocycles. The number of nitrogens with zero attached hydrogens (tertiary/aromatic N) is 2. The lowest BCUT2D eigenvalue weighted by molar-refractivity contribution is -0.101. The molecule has 4 N–H and O–H groups in total. The Hall–Kier alpha value is -1.86. The average Bonchev–Trinajstić information content (AvgIpc) is 2.29. The Bertz CT molecular complexity index is 346. The van der Waals surface area contributed by atoms with Crippen LogP contribution in [0.15, 0.2) is 23.5 Å². The second-order valence-electron chi connectivity index (χ2n) is 2.79. The molecule has 0 spiro atoms. The largest absolute Gasteiger partial charge is 0.497 e. The van der Waals surface area contributed by atoms with Crippen molar-refractivity contribution in [3.05, 3.63) is 28.7 Å². The predicted molar refractivity (Wildman–Crippen MR) is 57.7 cm³/mol. The number of hydroxylamine groups is 1. The minimum Gasteiger partial charge on any atom is -0.497 e. The molecule has 0 heterocycles. The van der Waals surface area contributed by atoms with E-state index in [2.05, 4.69) is 5.29 Å². The summed E-state index contributed by atoms with van der Waals surface area (Å²) in [6.07, 6.45) is 0. The Morgan fingerprint density at radius 1 is 1.38 bits per heavy atom. The molecule has 1 rings (SSSR count). The summed E-state index contributed by atoms with van der Waals surface area (Å²) in [4.78, 5) is 9.99. The van der Waals surface area contributed by atoms with Crippen molar-refractivity contribution in [1.29, 1.82) is 0 Å². The summed E-state index contributed by atoms with van der Waals surface area (Å²) in [6.45, 7) is -0.0311. The van der Waals surface area contributed by atoms with Crippen LogP contribution in [-0.2, 0) is 6.54 Å². The molecule has 0 aliphatic rings. The van der Waals surface area contributed by atoms with Gasteiger partial charge in [0.15, 0.2) is 0 Å². The lowest BCUT2D eigenvalue weighted by atomic mass is 10.2. The van der Waals surface area contributed by atoms with Gasteiger partial charge in [-0.05, 0) is 12.1 Å². The number of methoxy groups -OCH3 is 2. The van der Waals surface area contributed by atoms with Gasteiger partial charge in [0.2, 0.25) is 0 Å². The third-order valence-electron chi connectivity index (χ3n) is 1.90. The normalized spacial score (nSPS) is 8.94. The fraction of sp³-hybridized carbons (Fsp3) is 0.333. The molecule has 0 saturated heterocycles. The fourth-order valence-electron chi connectivity index (χ4n) is 1.16. The molecular formula is C9H15N3O4. The fourth-order valence-corrected chi connectivity index (χ4v) is 1.16. The molecule has 16 heavy (non-hydrogen) atoms. The summed E-state index contributed by atoms with van der Waals surface area (Å²) >= 11 is 0. The number of rotatable bonds is 5. The maximum absolute atomic E-state index is 9.99. The highest BCUT2D eigenvalue weighted by atomic mass is 16.6. The zero-order chi connectivity index (χ0) is 11.3. The first-order valence-electron chi connectivity index (χ1n) is 4.22. The van der Waals surface area contributed by atoms with Gasteiger partial charge in [-0.2, -0.15) is 0 Å². The van der Waals surface area contributed by atoms with E-state index in [1.807, 2.05) is 0 Å². The molecule has 90 valence electrons. The van der Waals surface area contributed by atoms with Gasteiger partial charge in [0.25, 0.3) is 0 Å². The van der Waals surface area contributed by atoms with E-state index in [4.69, 9.17) is 14.7 Å². The van der Waals surface area contributed by atoms with Crippen molar-refractivity contribution >= 4 is 0 Å². The Balaban J connectivity index is 0.00000225. The highest BCUT2D eigenvalue weighted by Gasteiger charge is 2.08. The minimum absolute atomic E-state index is 0. The summed E-state index contributed by atoms with van der Waals surface area (Å²) in [6, 6.07) is 5.05. The molecule has 0 aliphatic carbocycles. The molecule has 0 amide bonds. The second kappa shape index (κ2) is 6.59. The van der Waals surface area contributed by atoms with Crippen molar-refractivity contribution in [2.75, 3.05) is 14.2 Å². The van der Waals surface area contributed by atoms with Crippen LogP contribution >= 0.6 is 0 Å². The first-order valence-corrected chi connectivity index (χ1v) is 4.22. The van der Waals surface area contributed by atoms with Crippen molar-refractivity contribution in [2.45, 2.75) is 6.54 Å². The van der Waals surface area contributed by atoms with E-state index >= 15 is 0 Å². The van der Waals surface area contributed by atoms with Crippen molar-refractivity contribution in [2.24, 2.45) is 5.29 Å². The zero-order valence-electron chi connectivity index (χ0n) is 9.21. The molecule has 1 aromatic carbocycles. The van der Waals surface area contributed by atoms with Crippen LogP contribution in [0.5, 0.6) is 11.5 Å². The van der Waals surface area contributed by atoms with Gasteiger partial charge >= 0.3 is 0 Å². The standard InChI is InChI=1S/C9H12N2O4.H3N/c1-14-8-4-3-7(6-11(13)10-12)9(5-8)15-2;/h3-5,13H,6H2,1-2H3;1H3. The smallest absolute Gasteiger partial charge is 0.127 e. The topological polar surface area (TPSA) is 106 Å². The third kappa shape index (κ3) is 3.37. The molecular weight excluding hydrogens is 214 g/mol. The SMILES string of the molecule is COc1ccc(CN(O)N=O)c(OC)c1.N. The van der Waals surface area contributed by atoms with Crippen molar-refractivity contribution in [3.8, 4) is 11.5 Å². The van der Waals surface area contributed by atoms with Crippen LogP contribution in [-0.4, -0.2) is 24.6 Å². The van der Waals surface area contributed by atoms with E-state index in [1.54, 1.807) is 25.3 Å². The molecule has 0 unspecified atom stereocenters. The summed E-state index contributed by atoms with van der Waals surface area (Å²) in [5.41, 5.74) is 0.639. The molecule has 0 fully saturated rings. The van der Waals surface area contributed by atoms with Gasteiger partial charge in [-0.15, -0.1) is 10.1 Å². The Kier molecular flexibility index (Phi) is 5.83. The van der Waals surface area contributed by atoms with Gasteiger partial charge in [0.05, 0.1) is 26.1 Å². The van der Waals surface area contributed by atoms with E-state index < -0.39 is 0 Å². The van der Waals surface area contributed by atoms with Crippen molar-refractivity contribution < 1.29 is 14.7 Å². The Morgan fingerprint density at radius 2 is 2.06 bits per heavy atom. The molecule has 7 nitrogen and oxygen atoms in total. The number of hydrogen-bond donors (Lipinski definition) is 2. The van der Waals surface area contributed by atoms with Gasteiger partial charge in [0.1, 0.15) is 11.5 Å². The van der Waals surface area contributed by atoms with Crippen LogP contribution in [0, 0.1) is 4.91 Å². The van der Waals surface area contributed by atoms with Crippen LogP contribution in [0.2, 0.25) is 0 Å². The molecule has 1 aromatic rings. The average molecular weight is 229 g/mol. The number of benzene rings is 1. The Morgan fingerprint density at radius 3 is 2.56 bits per heavy atom. The second-order valence-corrected chi connectivity index (χ2v) is 2.79. The summed E-state index contributed by atoms with van der Waals surface area (Å²) in [7, 11) is 3.04. The molecule has 0 atom stereocenters. The molecule has 0 aliphatic heterocycles. The first kappa shape index (κ1) is 14.1. The first-order chi connectivity index (χ1) is 7.21. The van der Waals surface area contributed by atoms with Crippen LogP contribution < -0.4 is 15.6 Å². The van der Waals surface area contributed by atoms with E-state index in [0.29, 0.717) is 22.2 Å². The van der Waals surface area contributed by atoms with E-state index in [-0.39, 0.29) is 12.7 Å². The highest BCUT2D eigenvalue weighted by Crippen LogP contribution is 2.25. The Labute approximate surface area is 93.1 Å². The quantitative estimate of drug-likeness (QED) is 0.588. The van der Waals surface area contributed by atoms with E-state index in [1.165, 1.54) is 7.11 Å². The van der Waals surface area contributed by atoms with Gasteiger partial charge < -0.3 is 15.6 Å². The number of ether oxygens (including phenoxy) is 2. The number of hydrogen-bond acceptors (Lipinski definition) is 6. The zero-order valence-corrected chi connectivity index (χ0v) is 9.21. The van der Waals surface area contributed by atoms with Gasteiger partial charge in [-0.1, -0.05) is 0 Å².